The number of benzene rings is 1. The van der Waals surface area contributed by atoms with Gasteiger partial charge in [-0.05, 0) is 19.1 Å². The van der Waals surface area contributed by atoms with E-state index in [9.17, 15) is 10.3 Å². The van der Waals surface area contributed by atoms with Crippen molar-refractivity contribution in [2.24, 2.45) is 0 Å². The monoisotopic (exact) mass is 279 g/mol. The maximum absolute atomic E-state index is 11.9. The van der Waals surface area contributed by atoms with Gasteiger partial charge in [0.15, 0.2) is 0 Å². The number of halogens is 1. The van der Waals surface area contributed by atoms with Crippen LogP contribution in [0.4, 0.5) is 0 Å². The van der Waals surface area contributed by atoms with Gasteiger partial charge in [-0.2, -0.15) is 5.10 Å². The molecule has 0 fully saturated rings. The zero-order valence-corrected chi connectivity index (χ0v) is 10.7. The fourth-order valence-corrected chi connectivity index (χ4v) is 2.01. The summed E-state index contributed by atoms with van der Waals surface area (Å²) < 4.78 is 0. The average molecular weight is 280 g/mol. The number of nitrogens with zero attached hydrogens (tertiary/aromatic N) is 4. The molecule has 0 bridgehead atoms. The van der Waals surface area contributed by atoms with Crippen molar-refractivity contribution < 1.29 is 5.11 Å². The Balaban J connectivity index is 2.15. The molecule has 0 aliphatic carbocycles. The maximum Gasteiger partial charge on any atom is 0.254 e. The summed E-state index contributed by atoms with van der Waals surface area (Å²) in [4.78, 5) is 1.73. The number of hydrazine groups is 2. The smallest absolute Gasteiger partial charge is 0.254 e. The van der Waals surface area contributed by atoms with E-state index < -0.39 is 0 Å². The first-order valence-electron chi connectivity index (χ1n) is 5.48. The van der Waals surface area contributed by atoms with Crippen molar-refractivity contribution in [3.05, 3.63) is 50.8 Å². The molecule has 0 unspecified atom stereocenters. The van der Waals surface area contributed by atoms with Gasteiger partial charge in [0.25, 0.3) is 5.36 Å². The van der Waals surface area contributed by atoms with Crippen molar-refractivity contribution in [2.75, 3.05) is 5.12 Å². The molecule has 0 atom stereocenters. The molecule has 0 amide bonds. The quantitative estimate of drug-likeness (QED) is 0.536. The number of nitrogens with one attached hydrogen (secondary N) is 1. The molecule has 3 rings (SSSR count). The lowest BCUT2D eigenvalue weighted by Gasteiger charge is -2.22. The van der Waals surface area contributed by atoms with E-state index in [2.05, 4.69) is 10.6 Å². The van der Waals surface area contributed by atoms with Gasteiger partial charge in [0.2, 0.25) is 5.88 Å². The zero-order valence-electron chi connectivity index (χ0n) is 9.91. The first-order chi connectivity index (χ1) is 9.04. The summed E-state index contributed by atoms with van der Waals surface area (Å²) in [5.74, 6) is -0.0768. The maximum atomic E-state index is 11.9. The summed E-state index contributed by atoms with van der Waals surface area (Å²) in [5.41, 5.74) is 3.14. The molecule has 2 heterocycles. The number of aromatic nitrogens is 2. The number of hydrogen-bond acceptors (Lipinski definition) is 5. The molecule has 8 heteroatoms. The first kappa shape index (κ1) is 11.7. The number of aryl methyl sites for hydroxylation is 1. The molecule has 2 aromatic rings. The zero-order chi connectivity index (χ0) is 13.6. The molecular formula is C11H10ClN5O2. The van der Waals surface area contributed by atoms with Gasteiger partial charge < -0.3 is 10.3 Å². The fraction of sp³-hybridized carbons (Fsp3) is 0.0909. The second kappa shape index (κ2) is 4.06. The predicted molar refractivity (Wildman–Crippen MR) is 69.8 cm³/mol. The molecule has 7 nitrogen and oxygen atoms in total. The van der Waals surface area contributed by atoms with Gasteiger partial charge in [-0.25, -0.2) is 0 Å². The van der Waals surface area contributed by atoms with Crippen molar-refractivity contribution in [1.29, 1.82) is 0 Å². The van der Waals surface area contributed by atoms with Crippen LogP contribution in [0.25, 0.3) is 6.20 Å². The van der Waals surface area contributed by atoms with Crippen molar-refractivity contribution in [1.82, 2.24) is 20.3 Å². The normalized spacial score (nSPS) is 13.8. The first-order valence-corrected chi connectivity index (χ1v) is 5.85. The Bertz CT molecular complexity index is 770. The van der Waals surface area contributed by atoms with Crippen LogP contribution in [0.3, 0.4) is 0 Å². The Morgan fingerprint density at radius 2 is 2.21 bits per heavy atom. The fourth-order valence-electron chi connectivity index (χ4n) is 1.84. The Morgan fingerprint density at radius 3 is 2.89 bits per heavy atom. The molecule has 2 N–H and O–H groups in total. The molecule has 19 heavy (non-hydrogen) atoms. The number of hydrogen-bond donors (Lipinski definition) is 2. The van der Waals surface area contributed by atoms with E-state index in [0.29, 0.717) is 26.1 Å². The Morgan fingerprint density at radius 1 is 1.42 bits per heavy atom. The van der Waals surface area contributed by atoms with Crippen LogP contribution in [-0.2, 0) is 0 Å². The van der Waals surface area contributed by atoms with Gasteiger partial charge in [0.1, 0.15) is 0 Å². The Kier molecular flexibility index (Phi) is 2.49. The Labute approximate surface area is 112 Å². The van der Waals surface area contributed by atoms with Crippen molar-refractivity contribution in [2.45, 2.75) is 6.92 Å². The van der Waals surface area contributed by atoms with Crippen molar-refractivity contribution >= 4 is 17.8 Å². The summed E-state index contributed by atoms with van der Waals surface area (Å²) in [7, 11) is 0. The second-order valence-corrected chi connectivity index (χ2v) is 4.54. The van der Waals surface area contributed by atoms with Crippen LogP contribution in [0.1, 0.15) is 5.69 Å². The van der Waals surface area contributed by atoms with Gasteiger partial charge >= 0.3 is 0 Å². The Hall–Kier alpha value is -2.41. The van der Waals surface area contributed by atoms with E-state index in [1.807, 2.05) is 0 Å². The van der Waals surface area contributed by atoms with Gasteiger partial charge in [0, 0.05) is 17.2 Å². The summed E-state index contributed by atoms with van der Waals surface area (Å²) >= 11 is 5.85. The van der Waals surface area contributed by atoms with Gasteiger partial charge in [-0.3, -0.25) is 0 Å². The molecule has 1 aromatic carbocycles. The molecule has 1 aromatic heterocycles. The molecule has 0 saturated heterocycles. The van der Waals surface area contributed by atoms with E-state index in [1.54, 1.807) is 31.3 Å². The van der Waals surface area contributed by atoms with Crippen LogP contribution in [0, 0.1) is 12.1 Å². The second-order valence-electron chi connectivity index (χ2n) is 4.10. The van der Waals surface area contributed by atoms with Gasteiger partial charge in [0.05, 0.1) is 17.1 Å². The minimum absolute atomic E-state index is 0.0768. The van der Waals surface area contributed by atoms with Gasteiger partial charge in [-0.15, -0.1) is 9.91 Å². The molecule has 1 aliphatic heterocycles. The highest BCUT2D eigenvalue weighted by molar-refractivity contribution is 6.30. The third-order valence-electron chi connectivity index (χ3n) is 2.67. The lowest BCUT2D eigenvalue weighted by Crippen LogP contribution is -2.59. The number of rotatable bonds is 1. The van der Waals surface area contributed by atoms with E-state index in [1.165, 1.54) is 16.0 Å². The molecule has 1 aliphatic rings. The molecule has 0 radical (unpaired) electrons. The third-order valence-corrected chi connectivity index (χ3v) is 2.90. The SMILES string of the molecule is Cc1cc(O)n(N2C=c3ccc(Cl)cc3=[N+]([O-])N2)n1. The van der Waals surface area contributed by atoms with Gasteiger partial charge in [-0.1, -0.05) is 22.0 Å². The summed E-state index contributed by atoms with van der Waals surface area (Å²) in [5, 5.41) is 28.5. The molecular weight excluding hydrogens is 270 g/mol. The molecule has 98 valence electrons. The van der Waals surface area contributed by atoms with E-state index in [0.717, 1.165) is 0 Å². The van der Waals surface area contributed by atoms with Crippen LogP contribution in [0.15, 0.2) is 24.3 Å². The summed E-state index contributed by atoms with van der Waals surface area (Å²) in [6, 6.07) is 6.44. The number of fused-ring (bicyclic) bond motifs is 1. The highest BCUT2D eigenvalue weighted by Gasteiger charge is 2.17. The standard InChI is InChI=1S/C11H10ClN5O2/c1-7-4-11(18)16(13-7)15-6-8-2-3-9(12)5-10(8)17(19)14-15/h2-6,14,18H,1H3. The minimum atomic E-state index is -0.0768. The highest BCUT2D eigenvalue weighted by Crippen LogP contribution is 2.10. The molecule has 0 saturated carbocycles. The van der Waals surface area contributed by atoms with E-state index >= 15 is 0 Å². The number of aromatic hydroxyl groups is 1. The predicted octanol–water partition coefficient (Wildman–Crippen LogP) is -0.651. The average Bonchev–Trinajstić information content (AvgIpc) is 2.69. The summed E-state index contributed by atoms with van der Waals surface area (Å²) in [6.45, 7) is 1.74. The third kappa shape index (κ3) is 1.93. The van der Waals surface area contributed by atoms with Crippen LogP contribution >= 0.6 is 11.6 Å². The van der Waals surface area contributed by atoms with E-state index in [4.69, 9.17) is 11.6 Å². The van der Waals surface area contributed by atoms with Crippen LogP contribution in [-0.4, -0.2) is 15.0 Å². The highest BCUT2D eigenvalue weighted by atomic mass is 35.5. The largest absolute Gasteiger partial charge is 0.594 e. The van der Waals surface area contributed by atoms with Crippen LogP contribution in [0.5, 0.6) is 5.88 Å². The van der Waals surface area contributed by atoms with Crippen molar-refractivity contribution in [3.8, 4) is 5.88 Å². The summed E-state index contributed by atoms with van der Waals surface area (Å²) in [6.07, 6.45) is 1.63. The van der Waals surface area contributed by atoms with Crippen molar-refractivity contribution in [3.63, 3.8) is 0 Å². The lowest BCUT2D eigenvalue weighted by atomic mass is 10.3. The topological polar surface area (TPSA) is 79.4 Å². The van der Waals surface area contributed by atoms with Crippen LogP contribution < -0.4 is 26.1 Å². The lowest BCUT2D eigenvalue weighted by molar-refractivity contribution is 0.360. The molecule has 0 spiro atoms. The minimum Gasteiger partial charge on any atom is -0.594 e. The van der Waals surface area contributed by atoms with E-state index in [-0.39, 0.29) is 5.88 Å². The van der Waals surface area contributed by atoms with Crippen LogP contribution in [0.2, 0.25) is 5.02 Å².